The summed E-state index contributed by atoms with van der Waals surface area (Å²) in [4.78, 5) is 20.2. The molecule has 0 amide bonds. The largest absolute Gasteiger partial charge is 0.459 e. The molecule has 0 heterocycles. The SMILES string of the molecule is CC(=O)O[C@H](C)/C=C/C=C/C=O. The highest BCUT2D eigenvalue weighted by Gasteiger charge is 1.97. The molecule has 0 unspecified atom stereocenters. The highest BCUT2D eigenvalue weighted by Crippen LogP contribution is 1.93. The Morgan fingerprint density at radius 3 is 2.50 bits per heavy atom. The van der Waals surface area contributed by atoms with Crippen LogP contribution >= 0.6 is 0 Å². The van der Waals surface area contributed by atoms with Crippen LogP contribution in [0.25, 0.3) is 0 Å². The van der Waals surface area contributed by atoms with Crippen molar-refractivity contribution in [3.05, 3.63) is 24.3 Å². The van der Waals surface area contributed by atoms with E-state index in [9.17, 15) is 9.59 Å². The van der Waals surface area contributed by atoms with Gasteiger partial charge in [0.15, 0.2) is 0 Å². The van der Waals surface area contributed by atoms with E-state index >= 15 is 0 Å². The number of esters is 1. The van der Waals surface area contributed by atoms with Gasteiger partial charge in [0.05, 0.1) is 0 Å². The first kappa shape index (κ1) is 10.6. The Morgan fingerprint density at radius 2 is 2.00 bits per heavy atom. The van der Waals surface area contributed by atoms with Crippen LogP contribution in [0.3, 0.4) is 0 Å². The van der Waals surface area contributed by atoms with Crippen LogP contribution in [0.1, 0.15) is 13.8 Å². The van der Waals surface area contributed by atoms with Gasteiger partial charge in [-0.25, -0.2) is 0 Å². The van der Waals surface area contributed by atoms with Gasteiger partial charge in [-0.2, -0.15) is 0 Å². The summed E-state index contributed by atoms with van der Waals surface area (Å²) >= 11 is 0. The third kappa shape index (κ3) is 6.74. The van der Waals surface area contributed by atoms with Gasteiger partial charge in [-0.3, -0.25) is 9.59 Å². The van der Waals surface area contributed by atoms with Crippen LogP contribution in [-0.2, 0) is 14.3 Å². The number of carbonyl (C=O) groups excluding carboxylic acids is 2. The van der Waals surface area contributed by atoms with E-state index in [-0.39, 0.29) is 12.1 Å². The fraction of sp³-hybridized carbons (Fsp3) is 0.333. The summed E-state index contributed by atoms with van der Waals surface area (Å²) in [7, 11) is 0. The molecule has 0 bridgehead atoms. The molecule has 0 rings (SSSR count). The average Bonchev–Trinajstić information content (AvgIpc) is 1.97. The third-order valence-corrected chi connectivity index (χ3v) is 1.03. The molecule has 1 atom stereocenters. The van der Waals surface area contributed by atoms with Gasteiger partial charge in [-0.1, -0.05) is 12.2 Å². The van der Waals surface area contributed by atoms with Crippen LogP contribution < -0.4 is 0 Å². The minimum atomic E-state index is -0.313. The second-order valence-electron chi connectivity index (χ2n) is 2.22. The lowest BCUT2D eigenvalue weighted by atomic mass is 10.3. The molecule has 0 saturated heterocycles. The first-order valence-electron chi connectivity index (χ1n) is 3.62. The van der Waals surface area contributed by atoms with E-state index < -0.39 is 0 Å². The standard InChI is InChI=1S/C9H12O3/c1-8(12-9(2)11)6-4-3-5-7-10/h3-8H,1-2H3/b5-3+,6-4+/t8-/m1/s1. The maximum atomic E-state index is 10.4. The summed E-state index contributed by atoms with van der Waals surface area (Å²) in [6.45, 7) is 3.10. The highest BCUT2D eigenvalue weighted by atomic mass is 16.5. The molecule has 0 aliphatic rings. The number of rotatable bonds is 4. The number of ether oxygens (including phenoxy) is 1. The van der Waals surface area contributed by atoms with Gasteiger partial charge in [-0.05, 0) is 19.1 Å². The molecule has 12 heavy (non-hydrogen) atoms. The lowest BCUT2D eigenvalue weighted by molar-refractivity contribution is -0.143. The van der Waals surface area contributed by atoms with Gasteiger partial charge >= 0.3 is 5.97 Å². The molecular formula is C9H12O3. The normalized spacial score (nSPS) is 13.5. The lowest BCUT2D eigenvalue weighted by Gasteiger charge is -2.04. The minimum absolute atomic E-state index is 0.251. The molecule has 0 aromatic rings. The van der Waals surface area contributed by atoms with Crippen molar-refractivity contribution in [2.24, 2.45) is 0 Å². The second-order valence-corrected chi connectivity index (χ2v) is 2.22. The average molecular weight is 168 g/mol. The molecule has 0 radical (unpaired) electrons. The monoisotopic (exact) mass is 168 g/mol. The molecule has 0 spiro atoms. The first-order valence-corrected chi connectivity index (χ1v) is 3.62. The second kappa shape index (κ2) is 6.34. The van der Waals surface area contributed by atoms with Crippen LogP contribution in [0, 0.1) is 0 Å². The van der Waals surface area contributed by atoms with Crippen LogP contribution in [0.15, 0.2) is 24.3 Å². The van der Waals surface area contributed by atoms with Gasteiger partial charge in [-0.15, -0.1) is 0 Å². The van der Waals surface area contributed by atoms with E-state index in [1.54, 1.807) is 25.2 Å². The molecule has 66 valence electrons. The van der Waals surface area contributed by atoms with Gasteiger partial charge in [0, 0.05) is 6.92 Å². The molecule has 0 saturated carbocycles. The predicted molar refractivity (Wildman–Crippen MR) is 45.6 cm³/mol. The van der Waals surface area contributed by atoms with Gasteiger partial charge in [0.2, 0.25) is 0 Å². The van der Waals surface area contributed by atoms with Crippen LogP contribution in [0.5, 0.6) is 0 Å². The van der Waals surface area contributed by atoms with E-state index in [0.717, 1.165) is 0 Å². The van der Waals surface area contributed by atoms with Crippen molar-refractivity contribution in [1.29, 1.82) is 0 Å². The summed E-state index contributed by atoms with van der Waals surface area (Å²) in [5.41, 5.74) is 0. The summed E-state index contributed by atoms with van der Waals surface area (Å²) < 4.78 is 4.78. The Kier molecular flexibility index (Phi) is 5.61. The fourth-order valence-corrected chi connectivity index (χ4v) is 0.631. The number of aldehydes is 1. The summed E-state index contributed by atoms with van der Waals surface area (Å²) in [6, 6.07) is 0. The summed E-state index contributed by atoms with van der Waals surface area (Å²) in [6.07, 6.45) is 6.70. The lowest BCUT2D eigenvalue weighted by Crippen LogP contribution is -2.08. The smallest absolute Gasteiger partial charge is 0.303 e. The maximum absolute atomic E-state index is 10.4. The van der Waals surface area contributed by atoms with Crippen molar-refractivity contribution in [2.75, 3.05) is 0 Å². The Balaban J connectivity index is 3.74. The van der Waals surface area contributed by atoms with Crippen molar-refractivity contribution in [1.82, 2.24) is 0 Å². The van der Waals surface area contributed by atoms with Crippen molar-refractivity contribution < 1.29 is 14.3 Å². The highest BCUT2D eigenvalue weighted by molar-refractivity contribution is 5.66. The van der Waals surface area contributed by atoms with Crippen molar-refractivity contribution in [3.63, 3.8) is 0 Å². The molecule has 3 heteroatoms. The zero-order chi connectivity index (χ0) is 9.40. The van der Waals surface area contributed by atoms with Crippen LogP contribution in [0.4, 0.5) is 0 Å². The van der Waals surface area contributed by atoms with E-state index in [0.29, 0.717) is 6.29 Å². The fourth-order valence-electron chi connectivity index (χ4n) is 0.631. The molecule has 3 nitrogen and oxygen atoms in total. The van der Waals surface area contributed by atoms with E-state index in [4.69, 9.17) is 4.74 Å². The van der Waals surface area contributed by atoms with E-state index in [2.05, 4.69) is 0 Å². The Bertz CT molecular complexity index is 204. The Morgan fingerprint density at radius 1 is 1.33 bits per heavy atom. The zero-order valence-electron chi connectivity index (χ0n) is 7.19. The Hall–Kier alpha value is -1.38. The van der Waals surface area contributed by atoms with Crippen molar-refractivity contribution in [3.8, 4) is 0 Å². The minimum Gasteiger partial charge on any atom is -0.459 e. The number of hydrogen-bond donors (Lipinski definition) is 0. The van der Waals surface area contributed by atoms with E-state index in [1.807, 2.05) is 0 Å². The molecular weight excluding hydrogens is 156 g/mol. The van der Waals surface area contributed by atoms with E-state index in [1.165, 1.54) is 13.0 Å². The van der Waals surface area contributed by atoms with Crippen molar-refractivity contribution in [2.45, 2.75) is 20.0 Å². The molecule has 0 aromatic heterocycles. The molecule has 0 aromatic carbocycles. The molecule has 0 N–H and O–H groups in total. The molecule has 0 fully saturated rings. The van der Waals surface area contributed by atoms with Crippen LogP contribution in [-0.4, -0.2) is 18.4 Å². The number of carbonyl (C=O) groups is 2. The quantitative estimate of drug-likeness (QED) is 0.274. The maximum Gasteiger partial charge on any atom is 0.303 e. The molecule has 0 aliphatic heterocycles. The number of hydrogen-bond acceptors (Lipinski definition) is 3. The van der Waals surface area contributed by atoms with Gasteiger partial charge in [0.1, 0.15) is 12.4 Å². The van der Waals surface area contributed by atoms with Gasteiger partial charge in [0.25, 0.3) is 0 Å². The summed E-state index contributed by atoms with van der Waals surface area (Å²) in [5.74, 6) is -0.313. The van der Waals surface area contributed by atoms with Crippen molar-refractivity contribution >= 4 is 12.3 Å². The topological polar surface area (TPSA) is 43.4 Å². The number of allylic oxidation sites excluding steroid dienone is 3. The predicted octanol–water partition coefficient (Wildman–Crippen LogP) is 1.25. The van der Waals surface area contributed by atoms with Crippen LogP contribution in [0.2, 0.25) is 0 Å². The third-order valence-electron chi connectivity index (χ3n) is 1.03. The zero-order valence-corrected chi connectivity index (χ0v) is 7.19. The Labute approximate surface area is 71.7 Å². The first-order chi connectivity index (χ1) is 5.66. The van der Waals surface area contributed by atoms with Gasteiger partial charge < -0.3 is 4.74 Å². The molecule has 0 aliphatic carbocycles. The summed E-state index contributed by atoms with van der Waals surface area (Å²) in [5, 5.41) is 0.